The van der Waals surface area contributed by atoms with E-state index in [-0.39, 0.29) is 24.0 Å². The second-order valence-corrected chi connectivity index (χ2v) is 4.33. The highest BCUT2D eigenvalue weighted by Gasteiger charge is 2.03. The van der Waals surface area contributed by atoms with Gasteiger partial charge >= 0.3 is 0 Å². The Labute approximate surface area is 139 Å². The first-order chi connectivity index (χ1) is 8.63. The number of nitrogens with one attached hydrogen (secondary N) is 1. The summed E-state index contributed by atoms with van der Waals surface area (Å²) in [6, 6.07) is 1.58. The number of nitrogens with zero attached hydrogens (tertiary/aromatic N) is 2. The van der Waals surface area contributed by atoms with Gasteiger partial charge in [0.25, 0.3) is 0 Å². The standard InChI is InChI=1S/C11H16Cl2N4O.HI/c1-2-3-15-11(14)16-4-5-18-10-9(13)6-8(12)7-17-10;/h6-7H,2-5H2,1H3,(H3,14,15,16);1H. The Hall–Kier alpha value is -0.470. The lowest BCUT2D eigenvalue weighted by Gasteiger charge is -2.08. The molecule has 5 nitrogen and oxygen atoms in total. The van der Waals surface area contributed by atoms with Gasteiger partial charge < -0.3 is 15.8 Å². The Kier molecular flexibility index (Phi) is 10.1. The molecule has 0 bridgehead atoms. The second-order valence-electron chi connectivity index (χ2n) is 3.48. The Morgan fingerprint density at radius 2 is 2.26 bits per heavy atom. The summed E-state index contributed by atoms with van der Waals surface area (Å²) in [6.07, 6.45) is 2.44. The van der Waals surface area contributed by atoms with Crippen LogP contribution in [0.2, 0.25) is 10.0 Å². The minimum absolute atomic E-state index is 0. The maximum Gasteiger partial charge on any atom is 0.232 e. The van der Waals surface area contributed by atoms with Gasteiger partial charge in [0.15, 0.2) is 5.96 Å². The summed E-state index contributed by atoms with van der Waals surface area (Å²) in [6.45, 7) is 3.66. The summed E-state index contributed by atoms with van der Waals surface area (Å²) in [4.78, 5) is 8.05. The number of rotatable bonds is 6. The van der Waals surface area contributed by atoms with Crippen molar-refractivity contribution in [2.24, 2.45) is 10.7 Å². The summed E-state index contributed by atoms with van der Waals surface area (Å²) in [5.41, 5.74) is 5.61. The molecule has 0 amide bonds. The molecule has 0 aromatic carbocycles. The molecule has 1 heterocycles. The first-order valence-electron chi connectivity index (χ1n) is 5.61. The van der Waals surface area contributed by atoms with Crippen LogP contribution in [0, 0.1) is 0 Å². The molecule has 0 saturated carbocycles. The number of guanidine groups is 1. The molecule has 1 aromatic heterocycles. The number of ether oxygens (including phenoxy) is 1. The summed E-state index contributed by atoms with van der Waals surface area (Å²) < 4.78 is 5.37. The lowest BCUT2D eigenvalue weighted by molar-refractivity contribution is 0.310. The quantitative estimate of drug-likeness (QED) is 0.322. The fourth-order valence-corrected chi connectivity index (χ4v) is 1.56. The molecule has 8 heteroatoms. The molecule has 0 atom stereocenters. The first kappa shape index (κ1) is 18.5. The predicted molar refractivity (Wildman–Crippen MR) is 90.0 cm³/mol. The number of aliphatic imine (C=N–C) groups is 1. The number of hydrogen-bond donors (Lipinski definition) is 2. The van der Waals surface area contributed by atoms with E-state index in [1.807, 2.05) is 6.92 Å². The molecule has 0 aliphatic rings. The molecule has 1 rings (SSSR count). The highest BCUT2D eigenvalue weighted by atomic mass is 127. The lowest BCUT2D eigenvalue weighted by Crippen LogP contribution is -2.34. The molecule has 3 N–H and O–H groups in total. The molecule has 0 fully saturated rings. The van der Waals surface area contributed by atoms with Crippen LogP contribution in [0.15, 0.2) is 17.3 Å². The van der Waals surface area contributed by atoms with Crippen molar-refractivity contribution in [1.82, 2.24) is 10.3 Å². The number of halogens is 3. The van der Waals surface area contributed by atoms with Crippen molar-refractivity contribution in [2.45, 2.75) is 13.3 Å². The summed E-state index contributed by atoms with van der Waals surface area (Å²) in [7, 11) is 0. The van der Waals surface area contributed by atoms with Gasteiger partial charge in [0.05, 0.1) is 11.6 Å². The van der Waals surface area contributed by atoms with Crippen molar-refractivity contribution in [2.75, 3.05) is 19.7 Å². The van der Waals surface area contributed by atoms with Crippen LogP contribution in [0.5, 0.6) is 5.88 Å². The Bertz CT molecular complexity index is 418. The van der Waals surface area contributed by atoms with Gasteiger partial charge in [-0.05, 0) is 12.5 Å². The molecule has 0 saturated heterocycles. The molecule has 0 radical (unpaired) electrons. The number of hydrogen-bond acceptors (Lipinski definition) is 3. The van der Waals surface area contributed by atoms with Gasteiger partial charge in [-0.25, -0.2) is 4.98 Å². The minimum Gasteiger partial charge on any atom is -0.475 e. The van der Waals surface area contributed by atoms with Crippen molar-refractivity contribution in [3.8, 4) is 5.88 Å². The molecule has 0 aliphatic carbocycles. The van der Waals surface area contributed by atoms with Crippen molar-refractivity contribution >= 4 is 53.1 Å². The van der Waals surface area contributed by atoms with E-state index < -0.39 is 0 Å². The van der Waals surface area contributed by atoms with E-state index in [2.05, 4.69) is 15.3 Å². The Morgan fingerprint density at radius 1 is 1.53 bits per heavy atom. The van der Waals surface area contributed by atoms with Crippen LogP contribution < -0.4 is 15.8 Å². The van der Waals surface area contributed by atoms with Crippen LogP contribution in [0.25, 0.3) is 0 Å². The normalized spacial score (nSPS) is 10.8. The van der Waals surface area contributed by atoms with E-state index in [9.17, 15) is 0 Å². The largest absolute Gasteiger partial charge is 0.475 e. The SMILES string of the molecule is CCCN=C(N)NCCOc1ncc(Cl)cc1Cl.I. The predicted octanol–water partition coefficient (Wildman–Crippen LogP) is 2.70. The Morgan fingerprint density at radius 3 is 2.89 bits per heavy atom. The van der Waals surface area contributed by atoms with Crippen LogP contribution in [-0.2, 0) is 0 Å². The van der Waals surface area contributed by atoms with E-state index in [1.54, 1.807) is 6.07 Å². The molecular weight excluding hydrogens is 402 g/mol. The molecule has 1 aromatic rings. The monoisotopic (exact) mass is 418 g/mol. The van der Waals surface area contributed by atoms with Gasteiger partial charge in [-0.2, -0.15) is 0 Å². The highest BCUT2D eigenvalue weighted by molar-refractivity contribution is 14.0. The average Bonchev–Trinajstić information content (AvgIpc) is 2.34. The molecule has 0 spiro atoms. The van der Waals surface area contributed by atoms with Crippen LogP contribution in [0.3, 0.4) is 0 Å². The zero-order valence-corrected chi connectivity index (χ0v) is 14.4. The van der Waals surface area contributed by atoms with Crippen LogP contribution in [-0.4, -0.2) is 30.6 Å². The van der Waals surface area contributed by atoms with Crippen molar-refractivity contribution in [1.29, 1.82) is 0 Å². The molecule has 108 valence electrons. The van der Waals surface area contributed by atoms with Gasteiger partial charge in [0.1, 0.15) is 11.6 Å². The third kappa shape index (κ3) is 7.64. The average molecular weight is 419 g/mol. The van der Waals surface area contributed by atoms with Crippen LogP contribution in [0.1, 0.15) is 13.3 Å². The summed E-state index contributed by atoms with van der Waals surface area (Å²) in [5.74, 6) is 0.766. The lowest BCUT2D eigenvalue weighted by atomic mass is 10.5. The first-order valence-corrected chi connectivity index (χ1v) is 6.36. The minimum atomic E-state index is 0. The molecular formula is C11H17Cl2IN4O. The maximum absolute atomic E-state index is 5.90. The topological polar surface area (TPSA) is 72.5 Å². The van der Waals surface area contributed by atoms with Gasteiger partial charge in [0, 0.05) is 12.7 Å². The van der Waals surface area contributed by atoms with Crippen LogP contribution >= 0.6 is 47.2 Å². The van der Waals surface area contributed by atoms with Gasteiger partial charge in [0.2, 0.25) is 5.88 Å². The molecule has 19 heavy (non-hydrogen) atoms. The highest BCUT2D eigenvalue weighted by Crippen LogP contribution is 2.24. The van der Waals surface area contributed by atoms with Gasteiger partial charge in [-0.3, -0.25) is 4.99 Å². The van der Waals surface area contributed by atoms with Crippen molar-refractivity contribution in [3.05, 3.63) is 22.3 Å². The maximum atomic E-state index is 5.90. The number of pyridine rings is 1. The number of aromatic nitrogens is 1. The van der Waals surface area contributed by atoms with E-state index in [1.165, 1.54) is 6.20 Å². The molecule has 0 aliphatic heterocycles. The van der Waals surface area contributed by atoms with Crippen molar-refractivity contribution < 1.29 is 4.74 Å². The second kappa shape index (κ2) is 10.3. The van der Waals surface area contributed by atoms with E-state index in [0.717, 1.165) is 6.42 Å². The zero-order chi connectivity index (χ0) is 13.4. The third-order valence-corrected chi connectivity index (χ3v) is 2.40. The fourth-order valence-electron chi connectivity index (χ4n) is 1.12. The molecule has 0 unspecified atom stereocenters. The van der Waals surface area contributed by atoms with Gasteiger partial charge in [-0.1, -0.05) is 30.1 Å². The third-order valence-electron chi connectivity index (χ3n) is 1.93. The smallest absolute Gasteiger partial charge is 0.232 e. The number of nitrogens with two attached hydrogens (primary N) is 1. The van der Waals surface area contributed by atoms with E-state index >= 15 is 0 Å². The van der Waals surface area contributed by atoms with Crippen LogP contribution in [0.4, 0.5) is 0 Å². The summed E-state index contributed by atoms with van der Waals surface area (Å²) in [5, 5.41) is 3.78. The Balaban J connectivity index is 0.00000324. The van der Waals surface area contributed by atoms with Gasteiger partial charge in [-0.15, -0.1) is 24.0 Å². The van der Waals surface area contributed by atoms with E-state index in [0.29, 0.717) is 41.6 Å². The van der Waals surface area contributed by atoms with Crippen molar-refractivity contribution in [3.63, 3.8) is 0 Å². The zero-order valence-electron chi connectivity index (χ0n) is 10.5. The summed E-state index contributed by atoms with van der Waals surface area (Å²) >= 11 is 11.6. The fraction of sp³-hybridized carbons (Fsp3) is 0.455. The van der Waals surface area contributed by atoms with E-state index in [4.69, 9.17) is 33.7 Å².